The smallest absolute Gasteiger partial charge is 0.314 e. The Morgan fingerprint density at radius 2 is 2.17 bits per heavy atom. The van der Waals surface area contributed by atoms with E-state index in [1.807, 2.05) is 30.5 Å². The van der Waals surface area contributed by atoms with Crippen LogP contribution in [0.25, 0.3) is 10.9 Å². The van der Waals surface area contributed by atoms with Crippen molar-refractivity contribution in [2.24, 2.45) is 5.73 Å². The number of carbonyl (C=O) groups is 2. The summed E-state index contributed by atoms with van der Waals surface area (Å²) in [5.74, 6) is 0.0193. The second kappa shape index (κ2) is 7.13. The molecule has 3 amide bonds. The number of halogens is 1. The van der Waals surface area contributed by atoms with Crippen molar-refractivity contribution in [2.75, 3.05) is 13.1 Å². The van der Waals surface area contributed by atoms with E-state index in [0.29, 0.717) is 19.5 Å². The SMILES string of the molecule is NC(=O)N1CC[C@H](NC(=O)CCCn2ccc3cc(Cl)ccc32)C1. The number of rotatable bonds is 5. The highest BCUT2D eigenvalue weighted by atomic mass is 35.5. The van der Waals surface area contributed by atoms with E-state index in [0.717, 1.165) is 35.3 Å². The van der Waals surface area contributed by atoms with Gasteiger partial charge in [0.15, 0.2) is 0 Å². The molecule has 1 fully saturated rings. The standard InChI is InChI=1S/C17H21ClN4O2/c18-13-3-4-15-12(10-13)5-8-21(15)7-1-2-16(23)20-14-6-9-22(11-14)17(19)24/h3-5,8,10,14H,1-2,6-7,9,11H2,(H2,19,24)(H,20,23)/t14-/m0/s1. The van der Waals surface area contributed by atoms with Crippen molar-refractivity contribution >= 4 is 34.4 Å². The van der Waals surface area contributed by atoms with Gasteiger partial charge in [0.25, 0.3) is 0 Å². The van der Waals surface area contributed by atoms with Gasteiger partial charge in [-0.05, 0) is 37.1 Å². The summed E-state index contributed by atoms with van der Waals surface area (Å²) >= 11 is 5.99. The summed E-state index contributed by atoms with van der Waals surface area (Å²) in [7, 11) is 0. The number of nitrogens with two attached hydrogens (primary N) is 1. The summed E-state index contributed by atoms with van der Waals surface area (Å²) in [5, 5.41) is 4.80. The second-order valence-electron chi connectivity index (χ2n) is 6.15. The van der Waals surface area contributed by atoms with Crippen molar-refractivity contribution in [1.82, 2.24) is 14.8 Å². The van der Waals surface area contributed by atoms with Gasteiger partial charge in [0, 0.05) is 54.2 Å². The molecule has 1 atom stereocenters. The number of primary amides is 1. The van der Waals surface area contributed by atoms with Crippen molar-refractivity contribution in [3.8, 4) is 0 Å². The number of fused-ring (bicyclic) bond motifs is 1. The van der Waals surface area contributed by atoms with Gasteiger partial charge in [-0.2, -0.15) is 0 Å². The van der Waals surface area contributed by atoms with Gasteiger partial charge in [-0.3, -0.25) is 4.79 Å². The molecule has 2 heterocycles. The predicted molar refractivity (Wildman–Crippen MR) is 93.9 cm³/mol. The van der Waals surface area contributed by atoms with Crippen LogP contribution < -0.4 is 11.1 Å². The second-order valence-corrected chi connectivity index (χ2v) is 6.59. The number of aryl methyl sites for hydroxylation is 1. The van der Waals surface area contributed by atoms with Crippen LogP contribution in [0.2, 0.25) is 5.02 Å². The third-order valence-electron chi connectivity index (χ3n) is 4.40. The monoisotopic (exact) mass is 348 g/mol. The first-order chi connectivity index (χ1) is 11.5. The number of nitrogens with one attached hydrogen (secondary N) is 1. The van der Waals surface area contributed by atoms with E-state index in [1.54, 1.807) is 4.90 Å². The molecule has 6 nitrogen and oxygen atoms in total. The lowest BCUT2D eigenvalue weighted by Gasteiger charge is -2.14. The Morgan fingerprint density at radius 1 is 1.33 bits per heavy atom. The Bertz CT molecular complexity index is 758. The zero-order chi connectivity index (χ0) is 17.1. The van der Waals surface area contributed by atoms with Gasteiger partial charge in [0.1, 0.15) is 0 Å². The Morgan fingerprint density at radius 3 is 2.92 bits per heavy atom. The van der Waals surface area contributed by atoms with Crippen molar-refractivity contribution < 1.29 is 9.59 Å². The van der Waals surface area contributed by atoms with Crippen LogP contribution in [-0.4, -0.2) is 40.5 Å². The zero-order valence-corrected chi connectivity index (χ0v) is 14.1. The first-order valence-corrected chi connectivity index (χ1v) is 8.49. The Balaban J connectivity index is 1.46. The highest BCUT2D eigenvalue weighted by Crippen LogP contribution is 2.20. The molecule has 128 valence electrons. The van der Waals surface area contributed by atoms with E-state index in [-0.39, 0.29) is 11.9 Å². The Labute approximate surface area is 145 Å². The lowest BCUT2D eigenvalue weighted by molar-refractivity contribution is -0.121. The van der Waals surface area contributed by atoms with Crippen molar-refractivity contribution in [1.29, 1.82) is 0 Å². The Hall–Kier alpha value is -2.21. The van der Waals surface area contributed by atoms with Crippen LogP contribution in [0.3, 0.4) is 0 Å². The van der Waals surface area contributed by atoms with Crippen LogP contribution in [0.1, 0.15) is 19.3 Å². The summed E-state index contributed by atoms with van der Waals surface area (Å²) in [6.45, 7) is 1.89. The molecule has 3 N–H and O–H groups in total. The molecule has 1 saturated heterocycles. The fourth-order valence-electron chi connectivity index (χ4n) is 3.15. The van der Waals surface area contributed by atoms with Crippen molar-refractivity contribution in [2.45, 2.75) is 31.8 Å². The molecule has 0 unspecified atom stereocenters. The molecule has 1 aromatic heterocycles. The highest BCUT2D eigenvalue weighted by Gasteiger charge is 2.25. The van der Waals surface area contributed by atoms with Gasteiger partial charge in [0.2, 0.25) is 5.91 Å². The zero-order valence-electron chi connectivity index (χ0n) is 13.4. The third kappa shape index (κ3) is 3.82. The number of nitrogens with zero attached hydrogens (tertiary/aromatic N) is 2. The molecule has 0 bridgehead atoms. The van der Waals surface area contributed by atoms with Gasteiger partial charge in [0.05, 0.1) is 0 Å². The van der Waals surface area contributed by atoms with E-state index in [9.17, 15) is 9.59 Å². The average Bonchev–Trinajstić information content (AvgIpc) is 3.14. The topological polar surface area (TPSA) is 80.4 Å². The van der Waals surface area contributed by atoms with Crippen LogP contribution in [0.15, 0.2) is 30.5 Å². The van der Waals surface area contributed by atoms with Gasteiger partial charge in [-0.1, -0.05) is 11.6 Å². The average molecular weight is 349 g/mol. The quantitative estimate of drug-likeness (QED) is 0.869. The molecule has 1 aliphatic heterocycles. The summed E-state index contributed by atoms with van der Waals surface area (Å²) < 4.78 is 2.13. The molecule has 0 radical (unpaired) electrons. The van der Waals surface area contributed by atoms with E-state index in [1.165, 1.54) is 0 Å². The molecule has 7 heteroatoms. The normalized spacial score (nSPS) is 17.4. The number of urea groups is 1. The van der Waals surface area contributed by atoms with Crippen LogP contribution in [0.4, 0.5) is 4.79 Å². The number of likely N-dealkylation sites (tertiary alicyclic amines) is 1. The van der Waals surface area contributed by atoms with Crippen molar-refractivity contribution in [3.63, 3.8) is 0 Å². The summed E-state index contributed by atoms with van der Waals surface area (Å²) in [6.07, 6.45) is 3.99. The third-order valence-corrected chi connectivity index (χ3v) is 4.64. The maximum absolute atomic E-state index is 12.0. The van der Waals surface area contributed by atoms with Crippen LogP contribution in [0, 0.1) is 0 Å². The largest absolute Gasteiger partial charge is 0.352 e. The number of amides is 3. The fraction of sp³-hybridized carbons (Fsp3) is 0.412. The molecular formula is C17H21ClN4O2. The number of aromatic nitrogens is 1. The van der Waals surface area contributed by atoms with Gasteiger partial charge in [-0.15, -0.1) is 0 Å². The Kier molecular flexibility index (Phi) is 4.94. The molecule has 1 aromatic carbocycles. The minimum Gasteiger partial charge on any atom is -0.352 e. The molecule has 24 heavy (non-hydrogen) atoms. The fourth-order valence-corrected chi connectivity index (χ4v) is 3.33. The molecule has 2 aromatic rings. The van der Waals surface area contributed by atoms with Gasteiger partial charge >= 0.3 is 6.03 Å². The lowest BCUT2D eigenvalue weighted by atomic mass is 10.2. The van der Waals surface area contributed by atoms with Gasteiger partial charge < -0.3 is 20.5 Å². The lowest BCUT2D eigenvalue weighted by Crippen LogP contribution is -2.40. The maximum atomic E-state index is 12.0. The summed E-state index contributed by atoms with van der Waals surface area (Å²) in [6, 6.07) is 7.42. The molecule has 0 spiro atoms. The summed E-state index contributed by atoms with van der Waals surface area (Å²) in [4.78, 5) is 24.7. The first-order valence-electron chi connectivity index (χ1n) is 8.11. The van der Waals surface area contributed by atoms with E-state index in [2.05, 4.69) is 9.88 Å². The molecule has 3 rings (SSSR count). The maximum Gasteiger partial charge on any atom is 0.314 e. The first kappa shape index (κ1) is 16.6. The van der Waals surface area contributed by atoms with Crippen LogP contribution in [-0.2, 0) is 11.3 Å². The predicted octanol–water partition coefficient (Wildman–Crippen LogP) is 2.34. The van der Waals surface area contributed by atoms with Gasteiger partial charge in [-0.25, -0.2) is 4.79 Å². The number of hydrogen-bond donors (Lipinski definition) is 2. The minimum atomic E-state index is -0.425. The van der Waals surface area contributed by atoms with E-state index in [4.69, 9.17) is 17.3 Å². The number of benzene rings is 1. The van der Waals surface area contributed by atoms with E-state index < -0.39 is 6.03 Å². The van der Waals surface area contributed by atoms with Crippen LogP contribution in [0.5, 0.6) is 0 Å². The summed E-state index contributed by atoms with van der Waals surface area (Å²) in [5.41, 5.74) is 6.36. The minimum absolute atomic E-state index is 0.0135. The number of carbonyl (C=O) groups excluding carboxylic acids is 2. The molecule has 0 aliphatic carbocycles. The number of hydrogen-bond acceptors (Lipinski definition) is 2. The molecular weight excluding hydrogens is 328 g/mol. The molecule has 1 aliphatic rings. The highest BCUT2D eigenvalue weighted by molar-refractivity contribution is 6.31. The molecule has 0 saturated carbocycles. The van der Waals surface area contributed by atoms with Crippen molar-refractivity contribution in [3.05, 3.63) is 35.5 Å². The van der Waals surface area contributed by atoms with E-state index >= 15 is 0 Å². The van der Waals surface area contributed by atoms with Crippen LogP contribution >= 0.6 is 11.6 Å².